The highest BCUT2D eigenvalue weighted by atomic mass is 32.2. The van der Waals surface area contributed by atoms with Crippen LogP contribution in [0.15, 0.2) is 47.4 Å². The van der Waals surface area contributed by atoms with Crippen LogP contribution in [0.25, 0.3) is 5.69 Å². The predicted octanol–water partition coefficient (Wildman–Crippen LogP) is 2.04. The fraction of sp³-hybridized carbons (Fsp3) is 0.222. The maximum absolute atomic E-state index is 12.3. The van der Waals surface area contributed by atoms with Gasteiger partial charge in [0.05, 0.1) is 4.90 Å². The Morgan fingerprint density at radius 1 is 1.19 bits per heavy atom. The Morgan fingerprint density at radius 2 is 1.81 bits per heavy atom. The van der Waals surface area contributed by atoms with Gasteiger partial charge in [-0.3, -0.25) is 4.79 Å². The van der Waals surface area contributed by atoms with Crippen molar-refractivity contribution in [2.75, 3.05) is 6.61 Å². The maximum Gasteiger partial charge on any atom is 0.330 e. The van der Waals surface area contributed by atoms with Crippen molar-refractivity contribution in [1.82, 2.24) is 4.57 Å². The molecule has 7 nitrogen and oxygen atoms in total. The van der Waals surface area contributed by atoms with Gasteiger partial charge in [-0.2, -0.15) is 0 Å². The first-order valence-corrected chi connectivity index (χ1v) is 9.34. The van der Waals surface area contributed by atoms with Crippen molar-refractivity contribution in [3.8, 4) is 5.69 Å². The molecule has 0 bridgehead atoms. The number of carbonyl (C=O) groups is 2. The molecule has 138 valence electrons. The zero-order chi connectivity index (χ0) is 19.5. The lowest BCUT2D eigenvalue weighted by Gasteiger charge is -2.10. The lowest BCUT2D eigenvalue weighted by Crippen LogP contribution is -2.13. The number of Topliss-reactive ketones (excluding diaryl/α,β-unsaturated/α-hetero) is 1. The number of ether oxygens (including phenoxy) is 1. The standard InChI is InChI=1S/C18H20N2O5S/c1-4-5-18(22)25-11-17(21)16-10-12(2)20(13(16)3)14-6-8-15(9-7-14)26(19,23)24/h4-10H,11H2,1-3H3,(H2,19,23,24). The smallest absolute Gasteiger partial charge is 0.330 e. The highest BCUT2D eigenvalue weighted by Gasteiger charge is 2.18. The second-order valence-electron chi connectivity index (χ2n) is 5.69. The van der Waals surface area contributed by atoms with Gasteiger partial charge in [-0.1, -0.05) is 6.08 Å². The summed E-state index contributed by atoms with van der Waals surface area (Å²) in [5, 5.41) is 5.10. The van der Waals surface area contributed by atoms with Crippen LogP contribution in [0.1, 0.15) is 28.7 Å². The lowest BCUT2D eigenvalue weighted by atomic mass is 10.1. The topological polar surface area (TPSA) is 108 Å². The molecule has 26 heavy (non-hydrogen) atoms. The Morgan fingerprint density at radius 3 is 2.35 bits per heavy atom. The number of rotatable bonds is 6. The van der Waals surface area contributed by atoms with Crippen LogP contribution in [0.4, 0.5) is 0 Å². The van der Waals surface area contributed by atoms with Crippen LogP contribution in [0.2, 0.25) is 0 Å². The molecule has 2 rings (SSSR count). The number of hydrogen-bond donors (Lipinski definition) is 1. The molecular weight excluding hydrogens is 356 g/mol. The van der Waals surface area contributed by atoms with E-state index in [0.717, 1.165) is 5.69 Å². The number of sulfonamides is 1. The van der Waals surface area contributed by atoms with Crippen molar-refractivity contribution < 1.29 is 22.7 Å². The fourth-order valence-corrected chi connectivity index (χ4v) is 3.14. The number of nitrogens with two attached hydrogens (primary N) is 1. The summed E-state index contributed by atoms with van der Waals surface area (Å²) in [5.41, 5.74) is 2.58. The summed E-state index contributed by atoms with van der Waals surface area (Å²) >= 11 is 0. The van der Waals surface area contributed by atoms with E-state index in [2.05, 4.69) is 0 Å². The van der Waals surface area contributed by atoms with Crippen molar-refractivity contribution in [3.05, 3.63) is 59.4 Å². The van der Waals surface area contributed by atoms with Gasteiger partial charge in [0.2, 0.25) is 15.8 Å². The molecule has 0 unspecified atom stereocenters. The number of ketones is 1. The zero-order valence-electron chi connectivity index (χ0n) is 14.7. The molecular formula is C18H20N2O5S. The molecule has 0 radical (unpaired) electrons. The molecule has 0 amide bonds. The predicted molar refractivity (Wildman–Crippen MR) is 96.7 cm³/mol. The number of hydrogen-bond acceptors (Lipinski definition) is 5. The Bertz CT molecular complexity index is 970. The summed E-state index contributed by atoms with van der Waals surface area (Å²) in [6, 6.07) is 7.74. The zero-order valence-corrected chi connectivity index (χ0v) is 15.5. The molecule has 1 aromatic carbocycles. The Balaban J connectivity index is 2.30. The first-order chi connectivity index (χ1) is 12.1. The minimum atomic E-state index is -3.77. The molecule has 0 fully saturated rings. The summed E-state index contributed by atoms with van der Waals surface area (Å²) in [5.74, 6) is -0.892. The van der Waals surface area contributed by atoms with Gasteiger partial charge in [-0.05, 0) is 51.1 Å². The van der Waals surface area contributed by atoms with Gasteiger partial charge in [-0.25, -0.2) is 18.4 Å². The van der Waals surface area contributed by atoms with Crippen LogP contribution in [0.5, 0.6) is 0 Å². The molecule has 0 aliphatic heterocycles. The maximum atomic E-state index is 12.3. The van der Waals surface area contributed by atoms with Crippen LogP contribution in [-0.4, -0.2) is 31.3 Å². The summed E-state index contributed by atoms with van der Waals surface area (Å²) < 4.78 is 29.4. The monoisotopic (exact) mass is 376 g/mol. The number of aromatic nitrogens is 1. The molecule has 2 aromatic rings. The van der Waals surface area contributed by atoms with Gasteiger partial charge < -0.3 is 9.30 Å². The molecule has 8 heteroatoms. The van der Waals surface area contributed by atoms with E-state index in [0.29, 0.717) is 16.9 Å². The van der Waals surface area contributed by atoms with E-state index in [1.165, 1.54) is 24.3 Å². The quantitative estimate of drug-likeness (QED) is 0.471. The lowest BCUT2D eigenvalue weighted by molar-refractivity contribution is -0.136. The van der Waals surface area contributed by atoms with Gasteiger partial charge in [0.25, 0.3) is 0 Å². The Kier molecular flexibility index (Phi) is 5.79. The third-order valence-electron chi connectivity index (χ3n) is 3.80. The largest absolute Gasteiger partial charge is 0.454 e. The summed E-state index contributed by atoms with van der Waals surface area (Å²) in [6.07, 6.45) is 2.77. The van der Waals surface area contributed by atoms with Gasteiger partial charge in [0.1, 0.15) is 0 Å². The van der Waals surface area contributed by atoms with Gasteiger partial charge in [-0.15, -0.1) is 0 Å². The van der Waals surface area contributed by atoms with E-state index in [-0.39, 0.29) is 17.3 Å². The SMILES string of the molecule is CC=CC(=O)OCC(=O)c1cc(C)n(-c2ccc(S(N)(=O)=O)cc2)c1C. The normalized spacial score (nSPS) is 11.7. The number of allylic oxidation sites excluding steroid dienone is 1. The van der Waals surface area contributed by atoms with E-state index < -0.39 is 16.0 Å². The molecule has 1 aromatic heterocycles. The molecule has 0 saturated carbocycles. The van der Waals surface area contributed by atoms with E-state index in [9.17, 15) is 18.0 Å². The molecule has 2 N–H and O–H groups in total. The van der Waals surface area contributed by atoms with E-state index in [1.807, 2.05) is 11.5 Å². The number of nitrogens with zero attached hydrogens (tertiary/aromatic N) is 1. The second kappa shape index (κ2) is 7.67. The van der Waals surface area contributed by atoms with E-state index in [1.54, 1.807) is 32.0 Å². The molecule has 0 spiro atoms. The van der Waals surface area contributed by atoms with Crippen LogP contribution < -0.4 is 5.14 Å². The van der Waals surface area contributed by atoms with Crippen LogP contribution >= 0.6 is 0 Å². The molecule has 0 aliphatic rings. The van der Waals surface area contributed by atoms with Gasteiger partial charge >= 0.3 is 5.97 Å². The number of esters is 1. The third-order valence-corrected chi connectivity index (χ3v) is 4.73. The van der Waals surface area contributed by atoms with E-state index in [4.69, 9.17) is 9.88 Å². The number of primary sulfonamides is 1. The van der Waals surface area contributed by atoms with Crippen LogP contribution in [0.3, 0.4) is 0 Å². The van der Waals surface area contributed by atoms with Crippen LogP contribution in [0, 0.1) is 13.8 Å². The highest BCUT2D eigenvalue weighted by Crippen LogP contribution is 2.22. The average Bonchev–Trinajstić information content (AvgIpc) is 2.87. The summed E-state index contributed by atoms with van der Waals surface area (Å²) in [6.45, 7) is 4.92. The van der Waals surface area contributed by atoms with Crippen LogP contribution in [-0.2, 0) is 19.6 Å². The molecule has 1 heterocycles. The second-order valence-corrected chi connectivity index (χ2v) is 7.25. The number of aryl methyl sites for hydroxylation is 1. The summed E-state index contributed by atoms with van der Waals surface area (Å²) in [4.78, 5) is 23.7. The average molecular weight is 376 g/mol. The van der Waals surface area contributed by atoms with Crippen molar-refractivity contribution in [1.29, 1.82) is 0 Å². The molecule has 0 aliphatic carbocycles. The Hall–Kier alpha value is -2.71. The Labute approximate surface area is 152 Å². The molecule has 0 atom stereocenters. The molecule has 0 saturated heterocycles. The van der Waals surface area contributed by atoms with Crippen molar-refractivity contribution >= 4 is 21.8 Å². The first-order valence-electron chi connectivity index (χ1n) is 7.80. The fourth-order valence-electron chi connectivity index (χ4n) is 2.63. The highest BCUT2D eigenvalue weighted by molar-refractivity contribution is 7.89. The first kappa shape index (κ1) is 19.6. The number of carbonyl (C=O) groups excluding carboxylic acids is 2. The summed E-state index contributed by atoms with van der Waals surface area (Å²) in [7, 11) is -3.77. The minimum absolute atomic E-state index is 0.0101. The van der Waals surface area contributed by atoms with Crippen molar-refractivity contribution in [3.63, 3.8) is 0 Å². The van der Waals surface area contributed by atoms with E-state index >= 15 is 0 Å². The number of benzene rings is 1. The third kappa shape index (κ3) is 4.27. The minimum Gasteiger partial charge on any atom is -0.454 e. The van der Waals surface area contributed by atoms with Crippen molar-refractivity contribution in [2.24, 2.45) is 5.14 Å². The van der Waals surface area contributed by atoms with Gasteiger partial charge in [0.15, 0.2) is 6.61 Å². The van der Waals surface area contributed by atoms with Gasteiger partial charge in [0, 0.05) is 28.7 Å². The van der Waals surface area contributed by atoms with Crippen molar-refractivity contribution in [2.45, 2.75) is 25.7 Å².